The molecule has 0 aliphatic carbocycles. The number of fused-ring (bicyclic) bond motifs is 1. The van der Waals surface area contributed by atoms with E-state index in [0.29, 0.717) is 12.1 Å². The molecular weight excluding hydrogens is 248 g/mol. The number of hydrogen-bond donors (Lipinski definition) is 1. The van der Waals surface area contributed by atoms with Gasteiger partial charge in [0, 0.05) is 12.2 Å². The zero-order valence-electron chi connectivity index (χ0n) is 9.67. The number of carboxylic acids is 1. The molecule has 1 aromatic heterocycles. The third-order valence-corrected chi connectivity index (χ3v) is 3.97. The van der Waals surface area contributed by atoms with Crippen LogP contribution in [0.1, 0.15) is 20.8 Å². The van der Waals surface area contributed by atoms with Crippen LogP contribution in [0.4, 0.5) is 5.69 Å². The van der Waals surface area contributed by atoms with Gasteiger partial charge < -0.3 is 10.0 Å². The molecule has 2 aromatic rings. The van der Waals surface area contributed by atoms with Gasteiger partial charge in [-0.1, -0.05) is 18.2 Å². The number of anilines is 1. The van der Waals surface area contributed by atoms with Gasteiger partial charge in [0.1, 0.15) is 0 Å². The molecule has 18 heavy (non-hydrogen) atoms. The Balaban J connectivity index is 1.86. The molecule has 0 saturated carbocycles. The van der Waals surface area contributed by atoms with Gasteiger partial charge in [-0.05, 0) is 29.6 Å². The van der Waals surface area contributed by atoms with Crippen molar-refractivity contribution in [1.82, 2.24) is 4.37 Å². The van der Waals surface area contributed by atoms with Crippen molar-refractivity contribution in [2.45, 2.75) is 13.0 Å². The van der Waals surface area contributed by atoms with Crippen molar-refractivity contribution in [3.63, 3.8) is 0 Å². The number of nitrogens with zero attached hydrogens (tertiary/aromatic N) is 2. The van der Waals surface area contributed by atoms with E-state index in [1.807, 2.05) is 12.1 Å². The largest absolute Gasteiger partial charge is 0.478 e. The summed E-state index contributed by atoms with van der Waals surface area (Å²) in [7, 11) is 0. The van der Waals surface area contributed by atoms with Crippen LogP contribution in [0.5, 0.6) is 0 Å². The van der Waals surface area contributed by atoms with Crippen molar-refractivity contribution in [2.75, 3.05) is 11.4 Å². The number of para-hydroxylation sites is 1. The van der Waals surface area contributed by atoms with Gasteiger partial charge in [0.2, 0.25) is 0 Å². The standard InChI is InChI=1S/C13H12N2O2S/c16-13(17)10-7-14-18-12(10)8-15-6-5-9-3-1-2-4-11(9)15/h1-4,7H,5-6,8H2,(H,16,17). The number of aromatic nitrogens is 1. The van der Waals surface area contributed by atoms with Gasteiger partial charge in [-0.2, -0.15) is 4.37 Å². The van der Waals surface area contributed by atoms with Gasteiger partial charge in [-0.25, -0.2) is 4.79 Å². The molecule has 0 amide bonds. The molecular formula is C13H12N2O2S. The fraction of sp³-hybridized carbons (Fsp3) is 0.231. The molecule has 1 N–H and O–H groups in total. The Morgan fingerprint density at radius 3 is 3.11 bits per heavy atom. The average molecular weight is 260 g/mol. The average Bonchev–Trinajstić information content (AvgIpc) is 2.97. The third-order valence-electron chi connectivity index (χ3n) is 3.19. The zero-order valence-corrected chi connectivity index (χ0v) is 10.5. The molecule has 4 nitrogen and oxygen atoms in total. The first kappa shape index (κ1) is 11.2. The molecule has 0 saturated heterocycles. The molecule has 1 aliphatic rings. The Morgan fingerprint density at radius 1 is 1.44 bits per heavy atom. The monoisotopic (exact) mass is 260 g/mol. The first-order chi connectivity index (χ1) is 8.75. The highest BCUT2D eigenvalue weighted by Crippen LogP contribution is 2.30. The molecule has 2 heterocycles. The fourth-order valence-corrected chi connectivity index (χ4v) is 3.03. The Labute approximate surface area is 109 Å². The van der Waals surface area contributed by atoms with Crippen molar-refractivity contribution < 1.29 is 9.90 Å². The maximum atomic E-state index is 11.1. The SMILES string of the molecule is O=C(O)c1cnsc1CN1CCc2ccccc21. The summed E-state index contributed by atoms with van der Waals surface area (Å²) in [4.78, 5) is 14.1. The van der Waals surface area contributed by atoms with E-state index in [0.717, 1.165) is 17.8 Å². The highest BCUT2D eigenvalue weighted by Gasteiger charge is 2.21. The molecule has 5 heteroatoms. The van der Waals surface area contributed by atoms with Crippen LogP contribution in [0.2, 0.25) is 0 Å². The maximum Gasteiger partial charge on any atom is 0.338 e. The molecule has 1 aromatic carbocycles. The molecule has 0 radical (unpaired) electrons. The van der Waals surface area contributed by atoms with Crippen LogP contribution in [0, 0.1) is 0 Å². The zero-order chi connectivity index (χ0) is 12.5. The number of carboxylic acid groups (broad SMARTS) is 1. The van der Waals surface area contributed by atoms with E-state index in [1.165, 1.54) is 29.0 Å². The van der Waals surface area contributed by atoms with Crippen molar-refractivity contribution in [3.05, 3.63) is 46.5 Å². The molecule has 92 valence electrons. The van der Waals surface area contributed by atoms with Crippen molar-refractivity contribution >= 4 is 23.2 Å². The summed E-state index contributed by atoms with van der Waals surface area (Å²) in [5.74, 6) is -0.897. The topological polar surface area (TPSA) is 53.4 Å². The van der Waals surface area contributed by atoms with E-state index in [1.54, 1.807) is 0 Å². The van der Waals surface area contributed by atoms with Crippen LogP contribution in [0.3, 0.4) is 0 Å². The molecule has 0 atom stereocenters. The molecule has 0 unspecified atom stereocenters. The Kier molecular flexibility index (Phi) is 2.76. The third kappa shape index (κ3) is 1.86. The van der Waals surface area contributed by atoms with Gasteiger partial charge in [0.05, 0.1) is 23.2 Å². The van der Waals surface area contributed by atoms with Gasteiger partial charge >= 0.3 is 5.97 Å². The fourth-order valence-electron chi connectivity index (χ4n) is 2.30. The minimum Gasteiger partial charge on any atom is -0.478 e. The summed E-state index contributed by atoms with van der Waals surface area (Å²) >= 11 is 1.27. The minimum absolute atomic E-state index is 0.324. The summed E-state index contributed by atoms with van der Waals surface area (Å²) in [6.07, 6.45) is 2.46. The van der Waals surface area contributed by atoms with E-state index < -0.39 is 5.97 Å². The van der Waals surface area contributed by atoms with E-state index in [-0.39, 0.29) is 0 Å². The normalized spacial score (nSPS) is 13.7. The number of hydrogen-bond acceptors (Lipinski definition) is 4. The van der Waals surface area contributed by atoms with Gasteiger partial charge in [-0.3, -0.25) is 0 Å². The predicted octanol–water partition coefficient (Wildman–Crippen LogP) is 2.40. The number of carbonyl (C=O) groups is 1. The second-order valence-electron chi connectivity index (χ2n) is 4.27. The van der Waals surface area contributed by atoms with Crippen LogP contribution < -0.4 is 4.90 Å². The van der Waals surface area contributed by atoms with Crippen molar-refractivity contribution in [3.8, 4) is 0 Å². The summed E-state index contributed by atoms with van der Waals surface area (Å²) in [5, 5.41) is 9.07. The number of aromatic carboxylic acids is 1. The lowest BCUT2D eigenvalue weighted by Gasteiger charge is -2.18. The first-order valence-electron chi connectivity index (χ1n) is 5.75. The van der Waals surface area contributed by atoms with Crippen molar-refractivity contribution in [1.29, 1.82) is 0 Å². The van der Waals surface area contributed by atoms with Crippen LogP contribution in [0.15, 0.2) is 30.5 Å². The van der Waals surface area contributed by atoms with Gasteiger partial charge in [0.25, 0.3) is 0 Å². The Bertz CT molecular complexity index is 594. The van der Waals surface area contributed by atoms with E-state index in [4.69, 9.17) is 5.11 Å². The lowest BCUT2D eigenvalue weighted by molar-refractivity contribution is 0.0696. The number of benzene rings is 1. The first-order valence-corrected chi connectivity index (χ1v) is 6.53. The smallest absolute Gasteiger partial charge is 0.338 e. The van der Waals surface area contributed by atoms with Gasteiger partial charge in [-0.15, -0.1) is 0 Å². The van der Waals surface area contributed by atoms with E-state index >= 15 is 0 Å². The van der Waals surface area contributed by atoms with E-state index in [2.05, 4.69) is 21.4 Å². The quantitative estimate of drug-likeness (QED) is 0.920. The minimum atomic E-state index is -0.897. The highest BCUT2D eigenvalue weighted by molar-refractivity contribution is 7.06. The van der Waals surface area contributed by atoms with Crippen molar-refractivity contribution in [2.24, 2.45) is 0 Å². The Morgan fingerprint density at radius 2 is 2.28 bits per heavy atom. The maximum absolute atomic E-state index is 11.1. The molecule has 0 fully saturated rings. The van der Waals surface area contributed by atoms with Crippen LogP contribution >= 0.6 is 11.5 Å². The second-order valence-corrected chi connectivity index (χ2v) is 5.15. The number of rotatable bonds is 3. The van der Waals surface area contributed by atoms with Gasteiger partial charge in [0.15, 0.2) is 0 Å². The predicted molar refractivity (Wildman–Crippen MR) is 70.3 cm³/mol. The summed E-state index contributed by atoms with van der Waals surface area (Å²) in [6.45, 7) is 1.57. The summed E-state index contributed by atoms with van der Waals surface area (Å²) in [5.41, 5.74) is 2.87. The lowest BCUT2D eigenvalue weighted by atomic mass is 10.2. The molecule has 1 aliphatic heterocycles. The van der Waals surface area contributed by atoms with E-state index in [9.17, 15) is 4.79 Å². The Hall–Kier alpha value is -1.88. The summed E-state index contributed by atoms with van der Waals surface area (Å²) < 4.78 is 3.98. The lowest BCUT2D eigenvalue weighted by Crippen LogP contribution is -2.20. The highest BCUT2D eigenvalue weighted by atomic mass is 32.1. The molecule has 0 spiro atoms. The molecule has 3 rings (SSSR count). The van der Waals surface area contributed by atoms with Crippen LogP contribution in [0.25, 0.3) is 0 Å². The summed E-state index contributed by atoms with van der Waals surface area (Å²) in [6, 6.07) is 8.27. The van der Waals surface area contributed by atoms with Crippen LogP contribution in [-0.4, -0.2) is 22.0 Å². The van der Waals surface area contributed by atoms with Crippen LogP contribution in [-0.2, 0) is 13.0 Å². The second kappa shape index (κ2) is 4.42. The molecule has 0 bridgehead atoms.